The fourth-order valence-corrected chi connectivity index (χ4v) is 8.83. The summed E-state index contributed by atoms with van der Waals surface area (Å²) in [5.74, 6) is 0. The first-order valence-electron chi connectivity index (χ1n) is 10.9. The van der Waals surface area contributed by atoms with Gasteiger partial charge in [-0.1, -0.05) is 114 Å². The Labute approximate surface area is 186 Å². The summed E-state index contributed by atoms with van der Waals surface area (Å²) < 4.78 is 16.8. The third kappa shape index (κ3) is 3.58. The van der Waals surface area contributed by atoms with Crippen LogP contribution in [0.3, 0.4) is 0 Å². The SMILES string of the molecule is CC(C)(C)P(=O)(n1ccc2cccc(-c3ccc(-c4ccccc4)cc3)c21)C(C)(C)C. The van der Waals surface area contributed by atoms with Crippen molar-refractivity contribution < 1.29 is 4.57 Å². The van der Waals surface area contributed by atoms with Gasteiger partial charge in [0, 0.05) is 27.5 Å². The average molecular weight is 430 g/mol. The van der Waals surface area contributed by atoms with Crippen LogP contribution in [0.5, 0.6) is 0 Å². The minimum Gasteiger partial charge on any atom is -0.299 e. The summed E-state index contributed by atoms with van der Waals surface area (Å²) in [7, 11) is -2.83. The zero-order valence-corrected chi connectivity index (χ0v) is 20.3. The van der Waals surface area contributed by atoms with Crippen molar-refractivity contribution in [2.75, 3.05) is 0 Å². The highest BCUT2D eigenvalue weighted by Crippen LogP contribution is 2.68. The lowest BCUT2D eigenvalue weighted by molar-refractivity contribution is 0.510. The monoisotopic (exact) mass is 429 g/mol. The maximum Gasteiger partial charge on any atom is 0.186 e. The molecule has 31 heavy (non-hydrogen) atoms. The fraction of sp³-hybridized carbons (Fsp3) is 0.286. The van der Waals surface area contributed by atoms with E-state index in [1.165, 1.54) is 11.1 Å². The molecule has 0 aliphatic heterocycles. The molecule has 160 valence electrons. The lowest BCUT2D eigenvalue weighted by atomic mass is 9.99. The summed E-state index contributed by atoms with van der Waals surface area (Å²) in [4.78, 5) is 0. The summed E-state index contributed by atoms with van der Waals surface area (Å²) in [5.41, 5.74) is 5.72. The molecule has 0 aliphatic rings. The van der Waals surface area contributed by atoms with Crippen LogP contribution in [0.2, 0.25) is 0 Å². The van der Waals surface area contributed by atoms with Crippen molar-refractivity contribution >= 4 is 18.2 Å². The predicted octanol–water partition coefficient (Wildman–Crippen LogP) is 8.70. The minimum absolute atomic E-state index is 0.360. The third-order valence-corrected chi connectivity index (χ3v) is 10.7. The average Bonchev–Trinajstić information content (AvgIpc) is 3.17. The minimum atomic E-state index is -2.83. The second-order valence-corrected chi connectivity index (χ2v) is 14.5. The van der Waals surface area contributed by atoms with Gasteiger partial charge in [-0.25, -0.2) is 0 Å². The smallest absolute Gasteiger partial charge is 0.186 e. The van der Waals surface area contributed by atoms with Crippen molar-refractivity contribution in [1.82, 2.24) is 4.34 Å². The zero-order valence-electron chi connectivity index (χ0n) is 19.4. The van der Waals surface area contributed by atoms with Crippen LogP contribution in [0.1, 0.15) is 41.5 Å². The number of benzene rings is 3. The number of hydrogen-bond acceptors (Lipinski definition) is 1. The van der Waals surface area contributed by atoms with Gasteiger partial charge in [0.1, 0.15) is 0 Å². The van der Waals surface area contributed by atoms with E-state index < -0.39 is 7.29 Å². The predicted molar refractivity (Wildman–Crippen MR) is 135 cm³/mol. The van der Waals surface area contributed by atoms with E-state index in [-0.39, 0.29) is 10.3 Å². The van der Waals surface area contributed by atoms with Crippen LogP contribution in [-0.4, -0.2) is 14.6 Å². The Balaban J connectivity index is 1.92. The van der Waals surface area contributed by atoms with Crippen molar-refractivity contribution in [2.24, 2.45) is 0 Å². The Morgan fingerprint density at radius 2 is 1.16 bits per heavy atom. The Morgan fingerprint density at radius 3 is 1.74 bits per heavy atom. The molecule has 0 spiro atoms. The van der Waals surface area contributed by atoms with Gasteiger partial charge in [0.15, 0.2) is 7.29 Å². The fourth-order valence-electron chi connectivity index (χ4n) is 4.77. The van der Waals surface area contributed by atoms with E-state index in [0.29, 0.717) is 0 Å². The van der Waals surface area contributed by atoms with Crippen molar-refractivity contribution in [1.29, 1.82) is 0 Å². The molecule has 3 aromatic carbocycles. The molecule has 0 unspecified atom stereocenters. The first-order chi connectivity index (χ1) is 14.5. The zero-order chi connectivity index (χ0) is 22.4. The molecule has 2 nitrogen and oxygen atoms in total. The van der Waals surface area contributed by atoms with Crippen molar-refractivity contribution in [3.8, 4) is 22.3 Å². The second kappa shape index (κ2) is 7.53. The van der Waals surface area contributed by atoms with Crippen LogP contribution >= 0.6 is 7.29 Å². The molecule has 0 radical (unpaired) electrons. The number of nitrogens with zero attached hydrogens (tertiary/aromatic N) is 1. The van der Waals surface area contributed by atoms with Crippen molar-refractivity contribution in [3.63, 3.8) is 0 Å². The summed E-state index contributed by atoms with van der Waals surface area (Å²) >= 11 is 0. The number of hydrogen-bond donors (Lipinski definition) is 0. The maximum atomic E-state index is 14.7. The molecule has 0 N–H and O–H groups in total. The first kappa shape index (κ1) is 21.7. The highest BCUT2D eigenvalue weighted by atomic mass is 31.2. The van der Waals surface area contributed by atoms with Gasteiger partial charge < -0.3 is 0 Å². The highest BCUT2D eigenvalue weighted by molar-refractivity contribution is 7.65. The molecule has 3 heteroatoms. The maximum absolute atomic E-state index is 14.7. The van der Waals surface area contributed by atoms with E-state index >= 15 is 0 Å². The van der Waals surface area contributed by atoms with E-state index in [2.05, 4.69) is 119 Å². The van der Waals surface area contributed by atoms with Crippen LogP contribution in [0, 0.1) is 0 Å². The molecule has 0 atom stereocenters. The Bertz CT molecular complexity index is 1230. The van der Waals surface area contributed by atoms with E-state index in [1.54, 1.807) is 0 Å². The van der Waals surface area contributed by atoms with Crippen molar-refractivity contribution in [2.45, 2.75) is 51.9 Å². The van der Waals surface area contributed by atoms with Crippen LogP contribution in [-0.2, 0) is 4.57 Å². The third-order valence-electron chi connectivity index (χ3n) is 6.12. The summed E-state index contributed by atoms with van der Waals surface area (Å²) in [6, 6.07) is 27.6. The summed E-state index contributed by atoms with van der Waals surface area (Å²) in [5, 5.41) is 0.404. The molecule has 0 amide bonds. The van der Waals surface area contributed by atoms with Crippen LogP contribution in [0.25, 0.3) is 33.2 Å². The van der Waals surface area contributed by atoms with Crippen LogP contribution in [0.15, 0.2) is 85.1 Å². The lowest BCUT2D eigenvalue weighted by Gasteiger charge is -2.42. The molecule has 1 heterocycles. The molecule has 0 fully saturated rings. The quantitative estimate of drug-likeness (QED) is 0.299. The molecule has 1 aromatic heterocycles. The van der Waals surface area contributed by atoms with Gasteiger partial charge in [-0.2, -0.15) is 0 Å². The number of aromatic nitrogens is 1. The molecular formula is C28H32NOP. The normalized spacial score (nSPS) is 13.0. The van der Waals surface area contributed by atoms with E-state index in [4.69, 9.17) is 0 Å². The molecule has 0 saturated heterocycles. The molecule has 4 rings (SSSR count). The van der Waals surface area contributed by atoms with Gasteiger partial charge in [0.05, 0.1) is 5.52 Å². The van der Waals surface area contributed by atoms with Crippen molar-refractivity contribution in [3.05, 3.63) is 85.1 Å². The standard InChI is InChI=1S/C28H32NOP/c1-27(2,3)31(30,28(4,5)6)29-20-19-24-13-10-14-25(26(24)29)23-17-15-22(16-18-23)21-11-8-7-9-12-21/h7-20H,1-6H3. The van der Waals surface area contributed by atoms with Gasteiger partial charge in [-0.3, -0.25) is 8.90 Å². The van der Waals surface area contributed by atoms with Crippen LogP contribution < -0.4 is 0 Å². The summed E-state index contributed by atoms with van der Waals surface area (Å²) in [6.45, 7) is 12.6. The number of fused-ring (bicyclic) bond motifs is 1. The van der Waals surface area contributed by atoms with E-state index in [9.17, 15) is 4.57 Å². The highest BCUT2D eigenvalue weighted by Gasteiger charge is 2.48. The summed E-state index contributed by atoms with van der Waals surface area (Å²) in [6.07, 6.45) is 2.03. The first-order valence-corrected chi connectivity index (χ1v) is 12.6. The van der Waals surface area contributed by atoms with Gasteiger partial charge in [-0.15, -0.1) is 0 Å². The van der Waals surface area contributed by atoms with Gasteiger partial charge in [0.2, 0.25) is 0 Å². The molecular weight excluding hydrogens is 397 g/mol. The lowest BCUT2D eigenvalue weighted by Crippen LogP contribution is -2.32. The Hall–Kier alpha value is -2.57. The second-order valence-electron chi connectivity index (χ2n) is 10.3. The molecule has 0 aliphatic carbocycles. The molecule has 4 aromatic rings. The largest absolute Gasteiger partial charge is 0.299 e. The van der Waals surface area contributed by atoms with Gasteiger partial charge >= 0.3 is 0 Å². The number of rotatable bonds is 3. The molecule has 0 bridgehead atoms. The Morgan fingerprint density at radius 1 is 0.613 bits per heavy atom. The van der Waals surface area contributed by atoms with E-state index in [1.807, 2.05) is 12.3 Å². The topological polar surface area (TPSA) is 22.0 Å². The van der Waals surface area contributed by atoms with Gasteiger partial charge in [0.25, 0.3) is 0 Å². The number of para-hydroxylation sites is 1. The van der Waals surface area contributed by atoms with Gasteiger partial charge in [-0.05, 0) is 22.8 Å². The molecule has 0 saturated carbocycles. The Kier molecular flexibility index (Phi) is 5.26. The van der Waals surface area contributed by atoms with Crippen LogP contribution in [0.4, 0.5) is 0 Å². The van der Waals surface area contributed by atoms with E-state index in [0.717, 1.165) is 22.0 Å².